The number of hydrogen-bond acceptors (Lipinski definition) is 10. The molecule has 8 rings (SSSR count). The van der Waals surface area contributed by atoms with Crippen molar-refractivity contribution in [2.24, 2.45) is 0 Å². The summed E-state index contributed by atoms with van der Waals surface area (Å²) in [6, 6.07) is 16.9. The fourth-order valence-electron chi connectivity index (χ4n) is 9.07. The van der Waals surface area contributed by atoms with Crippen LogP contribution in [0.25, 0.3) is 22.2 Å². The fraction of sp³-hybridized carbons (Fsp3) is 0.449. The first kappa shape index (κ1) is 46.2. The van der Waals surface area contributed by atoms with Gasteiger partial charge < -0.3 is 29.9 Å². The van der Waals surface area contributed by atoms with Gasteiger partial charge in [-0.25, -0.2) is 13.8 Å². The summed E-state index contributed by atoms with van der Waals surface area (Å²) >= 11 is 6.10. The van der Waals surface area contributed by atoms with Gasteiger partial charge in [-0.05, 0) is 118 Å². The molecule has 0 bridgehead atoms. The number of unbranched alkanes of at least 4 members (excludes halogenated alkanes) is 2. The van der Waals surface area contributed by atoms with Crippen LogP contribution in [0.2, 0.25) is 5.02 Å². The van der Waals surface area contributed by atoms with Crippen molar-refractivity contribution in [2.75, 3.05) is 51.3 Å². The van der Waals surface area contributed by atoms with Crippen LogP contribution in [0.15, 0.2) is 73.1 Å². The Balaban J connectivity index is 0.734. The van der Waals surface area contributed by atoms with Gasteiger partial charge in [-0.3, -0.25) is 24.6 Å². The zero-order chi connectivity index (χ0) is 45.3. The van der Waals surface area contributed by atoms with Crippen LogP contribution in [0.4, 0.5) is 20.4 Å². The number of benzene rings is 3. The van der Waals surface area contributed by atoms with Crippen molar-refractivity contribution in [3.8, 4) is 11.1 Å². The third kappa shape index (κ3) is 12.3. The Morgan fingerprint density at radius 1 is 0.877 bits per heavy atom. The predicted octanol–water partition coefficient (Wildman–Crippen LogP) is 7.72. The molecule has 2 aliphatic heterocycles. The highest BCUT2D eigenvalue weighted by Gasteiger charge is 2.29. The molecule has 0 radical (unpaired) electrons. The van der Waals surface area contributed by atoms with E-state index in [2.05, 4.69) is 65.8 Å². The van der Waals surface area contributed by atoms with Crippen LogP contribution in [0.1, 0.15) is 91.7 Å². The average Bonchev–Trinajstić information content (AvgIpc) is 3.66. The predicted molar refractivity (Wildman–Crippen MR) is 246 cm³/mol. The van der Waals surface area contributed by atoms with Gasteiger partial charge in [0, 0.05) is 92.5 Å². The van der Waals surface area contributed by atoms with Crippen molar-refractivity contribution < 1.29 is 33.0 Å². The Hall–Kier alpha value is -5.32. The summed E-state index contributed by atoms with van der Waals surface area (Å²) in [4.78, 5) is 50.4. The van der Waals surface area contributed by atoms with Crippen LogP contribution in [-0.4, -0.2) is 105 Å². The number of aryl methyl sites for hydroxylation is 1. The van der Waals surface area contributed by atoms with Crippen LogP contribution in [-0.2, 0) is 27.3 Å². The number of piperidine rings is 1. The number of carbonyl (C=O) groups excluding carboxylic acids is 3. The standard InChI is InChI=1S/C49H57ClF2N8O5/c50-35-26-36(51)28-37(27-35)54-49-53-29-41-42(31-60(46(41)57-49)38-11-13-39(61)14-12-38)34-9-6-33(7-10-34)30-59-21-19-58(20-22-59)18-2-1-3-23-65-24-4-5-32-8-15-40(43(52)25-32)47(63)55-44-16-17-45(62)56-48(44)64/h6-10,15,25-29,31,38-39,44,61H,1-5,11-14,16-24,30H2,(H,55,63)(H,53,54,57)(H,56,62,64). The van der Waals surface area contributed by atoms with E-state index in [1.807, 2.05) is 6.20 Å². The van der Waals surface area contributed by atoms with Gasteiger partial charge in [0.15, 0.2) is 0 Å². The number of nitrogens with one attached hydrogen (secondary N) is 3. The zero-order valence-corrected chi connectivity index (χ0v) is 37.3. The maximum absolute atomic E-state index is 14.7. The van der Waals surface area contributed by atoms with Gasteiger partial charge in [-0.1, -0.05) is 41.9 Å². The largest absolute Gasteiger partial charge is 0.393 e. The van der Waals surface area contributed by atoms with Crippen LogP contribution >= 0.6 is 11.6 Å². The van der Waals surface area contributed by atoms with Crippen LogP contribution in [0.5, 0.6) is 0 Å². The highest BCUT2D eigenvalue weighted by atomic mass is 35.5. The molecule has 3 aromatic carbocycles. The molecule has 1 unspecified atom stereocenters. The number of piperazine rings is 1. The Morgan fingerprint density at radius 2 is 1.63 bits per heavy atom. The Kier molecular flexibility index (Phi) is 15.5. The lowest BCUT2D eigenvalue weighted by molar-refractivity contribution is -0.134. The Bertz CT molecular complexity index is 2430. The van der Waals surface area contributed by atoms with E-state index in [9.17, 15) is 28.3 Å². The molecule has 65 heavy (non-hydrogen) atoms. The maximum Gasteiger partial charge on any atom is 0.254 e. The summed E-state index contributed by atoms with van der Waals surface area (Å²) in [5.41, 5.74) is 5.31. The molecule has 16 heteroatoms. The topological polar surface area (TPSA) is 154 Å². The normalized spacial score (nSPS) is 19.7. The molecular weight excluding hydrogens is 854 g/mol. The van der Waals surface area contributed by atoms with E-state index in [1.54, 1.807) is 12.1 Å². The second kappa shape index (κ2) is 21.8. The summed E-state index contributed by atoms with van der Waals surface area (Å²) in [6.07, 6.45) is 11.8. The van der Waals surface area contributed by atoms with Gasteiger partial charge in [0.1, 0.15) is 23.3 Å². The van der Waals surface area contributed by atoms with Crippen molar-refractivity contribution in [1.82, 2.24) is 35.0 Å². The summed E-state index contributed by atoms with van der Waals surface area (Å²) < 4.78 is 36.9. The minimum Gasteiger partial charge on any atom is -0.393 e. The lowest BCUT2D eigenvalue weighted by Crippen LogP contribution is -2.52. The van der Waals surface area contributed by atoms with Crippen molar-refractivity contribution in [1.29, 1.82) is 0 Å². The zero-order valence-electron chi connectivity index (χ0n) is 36.5. The minimum atomic E-state index is -0.856. The lowest BCUT2D eigenvalue weighted by atomic mass is 9.93. The number of fused-ring (bicyclic) bond motifs is 1. The number of nitrogens with zero attached hydrogens (tertiary/aromatic N) is 5. The van der Waals surface area contributed by atoms with Crippen molar-refractivity contribution >= 4 is 52.0 Å². The van der Waals surface area contributed by atoms with Gasteiger partial charge in [-0.15, -0.1) is 0 Å². The maximum atomic E-state index is 14.7. The molecule has 344 valence electrons. The smallest absolute Gasteiger partial charge is 0.254 e. The van der Waals surface area contributed by atoms with E-state index in [1.165, 1.54) is 29.8 Å². The molecule has 2 saturated heterocycles. The van der Waals surface area contributed by atoms with Crippen LogP contribution in [0.3, 0.4) is 0 Å². The second-order valence-electron chi connectivity index (χ2n) is 17.5. The second-order valence-corrected chi connectivity index (χ2v) is 17.9. The van der Waals surface area contributed by atoms with Crippen molar-refractivity contribution in [2.45, 2.75) is 95.4 Å². The number of imide groups is 1. The first-order valence-electron chi connectivity index (χ1n) is 22.9. The van der Waals surface area contributed by atoms with Crippen LogP contribution < -0.4 is 16.0 Å². The minimum absolute atomic E-state index is 0.129. The number of carbonyl (C=O) groups is 3. The molecule has 3 fully saturated rings. The number of hydrogen-bond donors (Lipinski definition) is 4. The first-order valence-corrected chi connectivity index (χ1v) is 23.3. The van der Waals surface area contributed by atoms with E-state index in [4.69, 9.17) is 21.3 Å². The Labute approximate surface area is 382 Å². The summed E-state index contributed by atoms with van der Waals surface area (Å²) in [5.74, 6) is -2.36. The monoisotopic (exact) mass is 910 g/mol. The number of aliphatic hydroxyl groups is 1. The summed E-state index contributed by atoms with van der Waals surface area (Å²) in [7, 11) is 0. The van der Waals surface area contributed by atoms with E-state index in [0.29, 0.717) is 31.3 Å². The number of halogens is 3. The molecule has 0 spiro atoms. The van der Waals surface area contributed by atoms with Gasteiger partial charge in [0.25, 0.3) is 5.91 Å². The molecule has 5 aromatic rings. The SMILES string of the molecule is O=C1CCC(NC(=O)c2ccc(CCCOCCCCCN3CCN(Cc4ccc(-c5cn(C6CCC(O)CC6)c6nc(Nc7cc(F)cc(Cl)c7)ncc56)cc4)CC3)cc2F)C(=O)N1. The third-order valence-corrected chi connectivity index (χ3v) is 12.9. The lowest BCUT2D eigenvalue weighted by Gasteiger charge is -2.34. The number of aliphatic hydroxyl groups excluding tert-OH is 1. The number of rotatable bonds is 18. The molecule has 2 aromatic heterocycles. The molecule has 3 aliphatic rings. The highest BCUT2D eigenvalue weighted by molar-refractivity contribution is 6.30. The quantitative estimate of drug-likeness (QED) is 0.0508. The molecule has 1 aliphatic carbocycles. The van der Waals surface area contributed by atoms with E-state index < -0.39 is 29.5 Å². The highest BCUT2D eigenvalue weighted by Crippen LogP contribution is 2.37. The number of anilines is 2. The molecule has 1 saturated carbocycles. The summed E-state index contributed by atoms with van der Waals surface area (Å²) in [5, 5.41) is 19.2. The van der Waals surface area contributed by atoms with Crippen molar-refractivity contribution in [3.63, 3.8) is 0 Å². The van der Waals surface area contributed by atoms with E-state index in [0.717, 1.165) is 118 Å². The van der Waals surface area contributed by atoms with E-state index >= 15 is 0 Å². The number of aromatic nitrogens is 3. The number of ether oxygens (including phenoxy) is 1. The van der Waals surface area contributed by atoms with Gasteiger partial charge >= 0.3 is 0 Å². The van der Waals surface area contributed by atoms with E-state index in [-0.39, 0.29) is 41.5 Å². The molecule has 1 atom stereocenters. The van der Waals surface area contributed by atoms with Gasteiger partial charge in [0.05, 0.1) is 11.7 Å². The number of amides is 3. The van der Waals surface area contributed by atoms with Gasteiger partial charge in [-0.2, -0.15) is 4.98 Å². The van der Waals surface area contributed by atoms with Crippen LogP contribution in [0, 0.1) is 11.6 Å². The Morgan fingerprint density at radius 3 is 2.38 bits per heavy atom. The molecule has 3 amide bonds. The summed E-state index contributed by atoms with van der Waals surface area (Å²) in [6.45, 7) is 7.36. The van der Waals surface area contributed by atoms with Crippen molar-refractivity contribution in [3.05, 3.63) is 106 Å². The average molecular weight is 911 g/mol. The molecular formula is C49H57ClF2N8O5. The van der Waals surface area contributed by atoms with Gasteiger partial charge in [0.2, 0.25) is 17.8 Å². The first-order chi connectivity index (χ1) is 31.5. The molecule has 4 N–H and O–H groups in total. The molecule has 13 nitrogen and oxygen atoms in total. The molecule has 4 heterocycles. The fourth-order valence-corrected chi connectivity index (χ4v) is 9.29. The third-order valence-electron chi connectivity index (χ3n) is 12.7.